The van der Waals surface area contributed by atoms with E-state index in [1.54, 1.807) is 0 Å². The number of hydrogen-bond donors (Lipinski definition) is 2. The minimum Gasteiger partial charge on any atom is -0.329 e. The molecule has 0 aliphatic rings. The van der Waals surface area contributed by atoms with Crippen LogP contribution in [-0.4, -0.2) is 12.5 Å². The van der Waals surface area contributed by atoms with Crippen LogP contribution in [0.4, 0.5) is 5.69 Å². The van der Waals surface area contributed by atoms with Gasteiger partial charge in [-0.2, -0.15) is 0 Å². The second-order valence-electron chi connectivity index (χ2n) is 5.34. The van der Waals surface area contributed by atoms with Crippen LogP contribution in [0.2, 0.25) is 0 Å². The first kappa shape index (κ1) is 14.7. The number of benzene rings is 1. The van der Waals surface area contributed by atoms with Gasteiger partial charge in [0.15, 0.2) is 0 Å². The lowest BCUT2D eigenvalue weighted by molar-refractivity contribution is -0.123. The summed E-state index contributed by atoms with van der Waals surface area (Å²) >= 11 is 0. The maximum atomic E-state index is 11.9. The standard InChI is InChI=1S/C15H24N2O/c1-4-5-6-12-7-9-13(10-8-12)17-14(18)15(2,3)11-16/h7-10H,4-6,11,16H2,1-3H3,(H,17,18). The molecular formula is C15H24N2O. The average molecular weight is 248 g/mol. The van der Waals surface area contributed by atoms with Crippen molar-refractivity contribution in [2.45, 2.75) is 40.0 Å². The minimum atomic E-state index is -0.527. The van der Waals surface area contributed by atoms with Crippen LogP contribution in [0.3, 0.4) is 0 Å². The summed E-state index contributed by atoms with van der Waals surface area (Å²) in [5.74, 6) is -0.0358. The van der Waals surface area contributed by atoms with Crippen LogP contribution in [0.5, 0.6) is 0 Å². The summed E-state index contributed by atoms with van der Waals surface area (Å²) in [6, 6.07) is 8.05. The van der Waals surface area contributed by atoms with Crippen molar-refractivity contribution in [2.75, 3.05) is 11.9 Å². The van der Waals surface area contributed by atoms with Crippen molar-refractivity contribution in [1.29, 1.82) is 0 Å². The van der Waals surface area contributed by atoms with Gasteiger partial charge in [-0.05, 0) is 44.4 Å². The van der Waals surface area contributed by atoms with E-state index in [1.165, 1.54) is 18.4 Å². The van der Waals surface area contributed by atoms with Gasteiger partial charge >= 0.3 is 0 Å². The molecule has 1 rings (SSSR count). The van der Waals surface area contributed by atoms with Crippen LogP contribution in [0, 0.1) is 5.41 Å². The van der Waals surface area contributed by atoms with Gasteiger partial charge in [0, 0.05) is 12.2 Å². The maximum absolute atomic E-state index is 11.9. The Morgan fingerprint density at radius 1 is 1.28 bits per heavy atom. The zero-order valence-corrected chi connectivity index (χ0v) is 11.6. The fraction of sp³-hybridized carbons (Fsp3) is 0.533. The summed E-state index contributed by atoms with van der Waals surface area (Å²) < 4.78 is 0. The highest BCUT2D eigenvalue weighted by Gasteiger charge is 2.25. The molecule has 0 heterocycles. The minimum absolute atomic E-state index is 0.0358. The van der Waals surface area contributed by atoms with Crippen molar-refractivity contribution >= 4 is 11.6 Å². The topological polar surface area (TPSA) is 55.1 Å². The molecule has 3 nitrogen and oxygen atoms in total. The summed E-state index contributed by atoms with van der Waals surface area (Å²) in [4.78, 5) is 11.9. The van der Waals surface area contributed by atoms with Gasteiger partial charge in [0.25, 0.3) is 0 Å². The van der Waals surface area contributed by atoms with E-state index in [2.05, 4.69) is 24.4 Å². The Balaban J connectivity index is 2.61. The molecule has 1 aromatic rings. The number of anilines is 1. The number of carbonyl (C=O) groups excluding carboxylic acids is 1. The Labute approximate surface area is 110 Å². The summed E-state index contributed by atoms with van der Waals surface area (Å²) in [6.07, 6.45) is 3.49. The molecule has 0 saturated carbocycles. The molecule has 0 radical (unpaired) electrons. The summed E-state index contributed by atoms with van der Waals surface area (Å²) in [5, 5.41) is 2.90. The quantitative estimate of drug-likeness (QED) is 0.813. The van der Waals surface area contributed by atoms with Gasteiger partial charge < -0.3 is 11.1 Å². The van der Waals surface area contributed by atoms with E-state index in [1.807, 2.05) is 26.0 Å². The first-order valence-electron chi connectivity index (χ1n) is 6.60. The van der Waals surface area contributed by atoms with Crippen molar-refractivity contribution in [2.24, 2.45) is 11.1 Å². The van der Waals surface area contributed by atoms with E-state index >= 15 is 0 Å². The van der Waals surface area contributed by atoms with Crippen molar-refractivity contribution in [1.82, 2.24) is 0 Å². The molecule has 0 aliphatic heterocycles. The van der Waals surface area contributed by atoms with Gasteiger partial charge in [0.1, 0.15) is 0 Å². The second kappa shape index (κ2) is 6.55. The highest BCUT2D eigenvalue weighted by Crippen LogP contribution is 2.18. The Morgan fingerprint density at radius 2 is 1.89 bits per heavy atom. The Hall–Kier alpha value is -1.35. The second-order valence-corrected chi connectivity index (χ2v) is 5.34. The number of nitrogens with one attached hydrogen (secondary N) is 1. The molecule has 0 bridgehead atoms. The number of hydrogen-bond acceptors (Lipinski definition) is 2. The SMILES string of the molecule is CCCCc1ccc(NC(=O)C(C)(C)CN)cc1. The van der Waals surface area contributed by atoms with Crippen LogP contribution in [0.25, 0.3) is 0 Å². The molecule has 0 atom stereocenters. The molecule has 18 heavy (non-hydrogen) atoms. The van der Waals surface area contributed by atoms with Crippen LogP contribution in [-0.2, 0) is 11.2 Å². The molecule has 0 aliphatic carbocycles. The van der Waals surface area contributed by atoms with Crippen LogP contribution in [0.15, 0.2) is 24.3 Å². The Morgan fingerprint density at radius 3 is 2.39 bits per heavy atom. The monoisotopic (exact) mass is 248 g/mol. The third-order valence-corrected chi connectivity index (χ3v) is 3.16. The molecule has 0 fully saturated rings. The van der Waals surface area contributed by atoms with Gasteiger partial charge in [-0.15, -0.1) is 0 Å². The lowest BCUT2D eigenvalue weighted by Crippen LogP contribution is -2.37. The van der Waals surface area contributed by atoms with E-state index in [0.29, 0.717) is 6.54 Å². The van der Waals surface area contributed by atoms with Crippen LogP contribution < -0.4 is 11.1 Å². The normalized spacial score (nSPS) is 11.3. The van der Waals surface area contributed by atoms with Crippen LogP contribution in [0.1, 0.15) is 39.2 Å². The predicted octanol–water partition coefficient (Wildman–Crippen LogP) is 2.95. The van der Waals surface area contributed by atoms with Crippen molar-refractivity contribution in [3.63, 3.8) is 0 Å². The predicted molar refractivity (Wildman–Crippen MR) is 76.5 cm³/mol. The van der Waals surface area contributed by atoms with E-state index in [0.717, 1.165) is 12.1 Å². The van der Waals surface area contributed by atoms with Gasteiger partial charge in [-0.25, -0.2) is 0 Å². The summed E-state index contributed by atoms with van der Waals surface area (Å²) in [5.41, 5.74) is 7.20. The maximum Gasteiger partial charge on any atom is 0.231 e. The largest absolute Gasteiger partial charge is 0.329 e. The first-order valence-corrected chi connectivity index (χ1v) is 6.60. The van der Waals surface area contributed by atoms with Gasteiger partial charge in [0.05, 0.1) is 5.41 Å². The molecule has 1 aromatic carbocycles. The molecule has 0 unspecified atom stereocenters. The van der Waals surface area contributed by atoms with Crippen molar-refractivity contribution < 1.29 is 4.79 Å². The summed E-state index contributed by atoms with van der Waals surface area (Å²) in [6.45, 7) is 6.22. The molecule has 0 aromatic heterocycles. The number of amides is 1. The zero-order valence-electron chi connectivity index (χ0n) is 11.6. The molecule has 0 spiro atoms. The number of carbonyl (C=O) groups is 1. The van der Waals surface area contributed by atoms with Crippen LogP contribution >= 0.6 is 0 Å². The van der Waals surface area contributed by atoms with E-state index < -0.39 is 5.41 Å². The molecular weight excluding hydrogens is 224 g/mol. The molecule has 1 amide bonds. The molecule has 3 N–H and O–H groups in total. The number of nitrogens with two attached hydrogens (primary N) is 1. The fourth-order valence-corrected chi connectivity index (χ4v) is 1.53. The number of rotatable bonds is 6. The molecule has 3 heteroatoms. The number of aryl methyl sites for hydroxylation is 1. The Bertz CT molecular complexity index is 382. The van der Waals surface area contributed by atoms with Crippen molar-refractivity contribution in [3.05, 3.63) is 29.8 Å². The zero-order chi connectivity index (χ0) is 13.6. The average Bonchev–Trinajstić information content (AvgIpc) is 2.37. The number of unbranched alkanes of at least 4 members (excludes halogenated alkanes) is 1. The van der Waals surface area contributed by atoms with E-state index in [4.69, 9.17) is 5.73 Å². The van der Waals surface area contributed by atoms with Crippen molar-refractivity contribution in [3.8, 4) is 0 Å². The summed E-state index contributed by atoms with van der Waals surface area (Å²) in [7, 11) is 0. The van der Waals surface area contributed by atoms with Gasteiger partial charge in [-0.1, -0.05) is 25.5 Å². The van der Waals surface area contributed by atoms with E-state index in [-0.39, 0.29) is 5.91 Å². The third kappa shape index (κ3) is 4.15. The first-order chi connectivity index (χ1) is 8.49. The smallest absolute Gasteiger partial charge is 0.231 e. The lowest BCUT2D eigenvalue weighted by atomic mass is 9.92. The fourth-order valence-electron chi connectivity index (χ4n) is 1.53. The molecule has 0 saturated heterocycles. The highest BCUT2D eigenvalue weighted by molar-refractivity contribution is 5.94. The van der Waals surface area contributed by atoms with E-state index in [9.17, 15) is 4.79 Å². The highest BCUT2D eigenvalue weighted by atomic mass is 16.2. The third-order valence-electron chi connectivity index (χ3n) is 3.16. The Kier molecular flexibility index (Phi) is 5.35. The van der Waals surface area contributed by atoms with Gasteiger partial charge in [-0.3, -0.25) is 4.79 Å². The van der Waals surface area contributed by atoms with Gasteiger partial charge in [0.2, 0.25) is 5.91 Å². The molecule has 100 valence electrons. The lowest BCUT2D eigenvalue weighted by Gasteiger charge is -2.21.